The molecule has 2 aliphatic carbocycles. The Balaban J connectivity index is 2.01. The number of hydrogen-bond donors (Lipinski definition) is 1. The molecule has 4 nitrogen and oxygen atoms in total. The zero-order valence-electron chi connectivity index (χ0n) is 10.7. The van der Waals surface area contributed by atoms with Gasteiger partial charge in [-0.05, 0) is 38.5 Å². The lowest BCUT2D eigenvalue weighted by atomic mass is 9.94. The maximum atomic E-state index is 11.5. The van der Waals surface area contributed by atoms with Crippen molar-refractivity contribution in [1.82, 2.24) is 9.78 Å². The van der Waals surface area contributed by atoms with Crippen LogP contribution in [0.4, 0.5) is 0 Å². The molecular weight excluding hydrogens is 228 g/mol. The molecule has 1 heterocycles. The summed E-state index contributed by atoms with van der Waals surface area (Å²) < 4.78 is 1.84. The third kappa shape index (κ3) is 1.93. The van der Waals surface area contributed by atoms with Gasteiger partial charge in [-0.2, -0.15) is 5.10 Å². The highest BCUT2D eigenvalue weighted by atomic mass is 16.4. The second kappa shape index (κ2) is 4.75. The first-order valence-corrected chi connectivity index (χ1v) is 7.11. The molecule has 4 heteroatoms. The van der Waals surface area contributed by atoms with Gasteiger partial charge in [-0.1, -0.05) is 19.3 Å². The monoisotopic (exact) mass is 248 g/mol. The van der Waals surface area contributed by atoms with Crippen LogP contribution in [0.5, 0.6) is 0 Å². The Bertz CT molecular complexity index is 459. The molecule has 0 atom stereocenters. The molecule has 1 fully saturated rings. The third-order valence-corrected chi connectivity index (χ3v) is 4.31. The van der Waals surface area contributed by atoms with E-state index in [-0.39, 0.29) is 0 Å². The summed E-state index contributed by atoms with van der Waals surface area (Å²) in [4.78, 5) is 11.5. The molecule has 2 aliphatic rings. The quantitative estimate of drug-likeness (QED) is 0.875. The number of nitrogens with zero attached hydrogens (tertiary/aromatic N) is 2. The van der Waals surface area contributed by atoms with Crippen molar-refractivity contribution in [1.29, 1.82) is 0 Å². The first-order valence-electron chi connectivity index (χ1n) is 7.11. The molecule has 0 aliphatic heterocycles. The molecule has 1 aromatic heterocycles. The topological polar surface area (TPSA) is 55.1 Å². The van der Waals surface area contributed by atoms with Crippen LogP contribution in [0.3, 0.4) is 0 Å². The van der Waals surface area contributed by atoms with E-state index in [0.29, 0.717) is 11.7 Å². The first kappa shape index (κ1) is 11.8. The van der Waals surface area contributed by atoms with Crippen molar-refractivity contribution >= 4 is 5.97 Å². The molecule has 18 heavy (non-hydrogen) atoms. The molecule has 1 N–H and O–H groups in total. The Morgan fingerprint density at radius 2 is 1.83 bits per heavy atom. The van der Waals surface area contributed by atoms with Gasteiger partial charge in [-0.15, -0.1) is 0 Å². The molecular formula is C14H20N2O2. The van der Waals surface area contributed by atoms with Gasteiger partial charge in [0.15, 0.2) is 0 Å². The van der Waals surface area contributed by atoms with Crippen LogP contribution in [0.25, 0.3) is 0 Å². The van der Waals surface area contributed by atoms with Gasteiger partial charge in [0.2, 0.25) is 0 Å². The number of rotatable bonds is 2. The minimum absolute atomic E-state index is 0.315. The second-order valence-corrected chi connectivity index (χ2v) is 5.52. The zero-order chi connectivity index (χ0) is 12.5. The highest BCUT2D eigenvalue weighted by Crippen LogP contribution is 2.32. The Morgan fingerprint density at radius 1 is 1.11 bits per heavy atom. The zero-order valence-corrected chi connectivity index (χ0v) is 10.7. The van der Waals surface area contributed by atoms with Crippen molar-refractivity contribution in [3.63, 3.8) is 0 Å². The van der Waals surface area contributed by atoms with Crippen LogP contribution in [0, 0.1) is 0 Å². The summed E-state index contributed by atoms with van der Waals surface area (Å²) in [7, 11) is 0. The average molecular weight is 248 g/mol. The molecule has 0 unspecified atom stereocenters. The summed E-state index contributed by atoms with van der Waals surface area (Å²) in [6.07, 6.45) is 9.94. The van der Waals surface area contributed by atoms with Crippen molar-refractivity contribution in [3.05, 3.63) is 17.0 Å². The average Bonchev–Trinajstić information content (AvgIpc) is 2.79. The van der Waals surface area contributed by atoms with Crippen LogP contribution >= 0.6 is 0 Å². The van der Waals surface area contributed by atoms with Crippen LogP contribution < -0.4 is 0 Å². The van der Waals surface area contributed by atoms with E-state index in [1.165, 1.54) is 19.3 Å². The Hall–Kier alpha value is -1.32. The van der Waals surface area contributed by atoms with E-state index in [2.05, 4.69) is 5.10 Å². The Kier molecular flexibility index (Phi) is 3.10. The van der Waals surface area contributed by atoms with Gasteiger partial charge >= 0.3 is 5.97 Å². The van der Waals surface area contributed by atoms with Crippen LogP contribution in [0.1, 0.15) is 72.7 Å². The van der Waals surface area contributed by atoms with E-state index in [4.69, 9.17) is 0 Å². The van der Waals surface area contributed by atoms with Gasteiger partial charge in [-0.25, -0.2) is 4.79 Å². The minimum atomic E-state index is -0.795. The van der Waals surface area contributed by atoms with Gasteiger partial charge < -0.3 is 5.11 Å². The van der Waals surface area contributed by atoms with Crippen molar-refractivity contribution in [2.45, 2.75) is 63.8 Å². The van der Waals surface area contributed by atoms with E-state index >= 15 is 0 Å². The molecule has 0 amide bonds. The highest BCUT2D eigenvalue weighted by Gasteiger charge is 2.28. The second-order valence-electron chi connectivity index (χ2n) is 5.52. The van der Waals surface area contributed by atoms with Crippen LogP contribution in [0.15, 0.2) is 0 Å². The minimum Gasteiger partial charge on any atom is -0.477 e. The number of carboxylic acid groups (broad SMARTS) is 1. The molecule has 1 saturated carbocycles. The highest BCUT2D eigenvalue weighted by molar-refractivity contribution is 5.88. The molecule has 0 saturated heterocycles. The maximum absolute atomic E-state index is 11.5. The number of aryl methyl sites for hydroxylation is 1. The van der Waals surface area contributed by atoms with Crippen molar-refractivity contribution in [3.8, 4) is 0 Å². The van der Waals surface area contributed by atoms with Crippen molar-refractivity contribution < 1.29 is 9.90 Å². The number of carboxylic acids is 1. The van der Waals surface area contributed by atoms with E-state index in [1.807, 2.05) is 4.68 Å². The van der Waals surface area contributed by atoms with E-state index in [1.54, 1.807) is 0 Å². The Labute approximate surface area is 107 Å². The van der Waals surface area contributed by atoms with E-state index in [0.717, 1.165) is 49.8 Å². The molecule has 0 bridgehead atoms. The lowest BCUT2D eigenvalue weighted by molar-refractivity contribution is 0.0676. The molecule has 1 aromatic rings. The summed E-state index contributed by atoms with van der Waals surface area (Å²) in [6, 6.07) is 0.315. The summed E-state index contributed by atoms with van der Waals surface area (Å²) in [5.74, 6) is -0.795. The molecule has 0 aromatic carbocycles. The van der Waals surface area contributed by atoms with Crippen LogP contribution in [-0.4, -0.2) is 20.9 Å². The number of hydrogen-bond acceptors (Lipinski definition) is 2. The fraction of sp³-hybridized carbons (Fsp3) is 0.714. The fourth-order valence-electron chi connectivity index (χ4n) is 3.39. The van der Waals surface area contributed by atoms with Crippen molar-refractivity contribution in [2.75, 3.05) is 0 Å². The Morgan fingerprint density at radius 3 is 2.56 bits per heavy atom. The first-order chi connectivity index (χ1) is 8.77. The normalized spacial score (nSPS) is 20.7. The summed E-state index contributed by atoms with van der Waals surface area (Å²) in [5, 5.41) is 14.1. The van der Waals surface area contributed by atoms with Gasteiger partial charge in [0.25, 0.3) is 0 Å². The lowest BCUT2D eigenvalue weighted by Gasteiger charge is -2.23. The van der Waals surface area contributed by atoms with Gasteiger partial charge in [-0.3, -0.25) is 4.68 Å². The van der Waals surface area contributed by atoms with Crippen LogP contribution in [-0.2, 0) is 12.8 Å². The van der Waals surface area contributed by atoms with Crippen molar-refractivity contribution in [2.24, 2.45) is 0 Å². The number of fused-ring (bicyclic) bond motifs is 1. The maximum Gasteiger partial charge on any atom is 0.354 e. The van der Waals surface area contributed by atoms with Crippen LogP contribution in [0.2, 0.25) is 0 Å². The molecule has 0 spiro atoms. The van der Waals surface area contributed by atoms with Gasteiger partial charge in [0, 0.05) is 5.56 Å². The fourth-order valence-corrected chi connectivity index (χ4v) is 3.39. The van der Waals surface area contributed by atoms with E-state index < -0.39 is 5.97 Å². The molecule has 98 valence electrons. The number of aromatic nitrogens is 2. The lowest BCUT2D eigenvalue weighted by Crippen LogP contribution is -2.19. The smallest absolute Gasteiger partial charge is 0.354 e. The SMILES string of the molecule is O=C(O)c1c2c(nn1C1CCCCC1)CCCC2. The third-order valence-electron chi connectivity index (χ3n) is 4.31. The predicted octanol–water partition coefficient (Wildman–Crippen LogP) is 2.97. The standard InChI is InChI=1S/C14H20N2O2/c17-14(18)13-11-8-4-5-9-12(11)15-16(13)10-6-2-1-3-7-10/h10H,1-9H2,(H,17,18). The summed E-state index contributed by atoms with van der Waals surface area (Å²) in [5.41, 5.74) is 2.54. The number of aromatic carboxylic acids is 1. The largest absolute Gasteiger partial charge is 0.477 e. The summed E-state index contributed by atoms with van der Waals surface area (Å²) in [6.45, 7) is 0. The summed E-state index contributed by atoms with van der Waals surface area (Å²) >= 11 is 0. The predicted molar refractivity (Wildman–Crippen MR) is 68.0 cm³/mol. The molecule has 0 radical (unpaired) electrons. The van der Waals surface area contributed by atoms with Gasteiger partial charge in [0.05, 0.1) is 11.7 Å². The van der Waals surface area contributed by atoms with E-state index in [9.17, 15) is 9.90 Å². The molecule has 3 rings (SSSR count). The van der Waals surface area contributed by atoms with Gasteiger partial charge in [0.1, 0.15) is 5.69 Å². The number of carbonyl (C=O) groups is 1.